The number of nitrogens with zero attached hydrogens (tertiary/aromatic N) is 3. The van der Waals surface area contributed by atoms with E-state index in [1.54, 1.807) is 0 Å². The van der Waals surface area contributed by atoms with Crippen molar-refractivity contribution in [2.75, 3.05) is 13.1 Å². The van der Waals surface area contributed by atoms with Crippen molar-refractivity contribution in [3.05, 3.63) is 17.7 Å². The first-order valence-electron chi connectivity index (χ1n) is 6.54. The van der Waals surface area contributed by atoms with E-state index in [4.69, 9.17) is 0 Å². The molecule has 1 saturated heterocycles. The van der Waals surface area contributed by atoms with Gasteiger partial charge >= 0.3 is 0 Å². The summed E-state index contributed by atoms with van der Waals surface area (Å²) in [5.74, 6) is 1.15. The van der Waals surface area contributed by atoms with Crippen LogP contribution < -0.4 is 0 Å². The molecule has 1 fully saturated rings. The minimum Gasteiger partial charge on any atom is -0.331 e. The van der Waals surface area contributed by atoms with Crippen molar-refractivity contribution in [1.82, 2.24) is 14.5 Å². The van der Waals surface area contributed by atoms with Crippen LogP contribution in [0.1, 0.15) is 44.1 Å². The molecular weight excluding hydrogens is 198 g/mol. The maximum Gasteiger partial charge on any atom is 0.105 e. The third kappa shape index (κ3) is 2.64. The summed E-state index contributed by atoms with van der Waals surface area (Å²) in [7, 11) is 0. The van der Waals surface area contributed by atoms with Crippen molar-refractivity contribution in [2.24, 2.45) is 0 Å². The molecule has 0 aromatic carbocycles. The molecule has 0 radical (unpaired) electrons. The van der Waals surface area contributed by atoms with E-state index < -0.39 is 0 Å². The Bertz CT molecular complexity index is 322. The highest BCUT2D eigenvalue weighted by molar-refractivity contribution is 5.04. The lowest BCUT2D eigenvalue weighted by atomic mass is 10.2. The van der Waals surface area contributed by atoms with E-state index in [0.29, 0.717) is 0 Å². The number of likely N-dealkylation sites (tertiary alicyclic amines) is 1. The Morgan fingerprint density at radius 1 is 1.19 bits per heavy atom. The van der Waals surface area contributed by atoms with Gasteiger partial charge in [0.1, 0.15) is 5.82 Å². The van der Waals surface area contributed by atoms with Crippen LogP contribution in [0, 0.1) is 6.92 Å². The number of aryl methyl sites for hydroxylation is 1. The third-order valence-corrected chi connectivity index (χ3v) is 3.54. The van der Waals surface area contributed by atoms with Gasteiger partial charge in [0.2, 0.25) is 0 Å². The SMILES string of the molecule is CCn1c(CN2CCCCCC2)cnc1C. The quantitative estimate of drug-likeness (QED) is 0.782. The van der Waals surface area contributed by atoms with Crippen LogP contribution in [0.3, 0.4) is 0 Å². The molecule has 2 rings (SSSR count). The zero-order valence-electron chi connectivity index (χ0n) is 10.6. The predicted molar refractivity (Wildman–Crippen MR) is 66.4 cm³/mol. The molecule has 16 heavy (non-hydrogen) atoms. The maximum absolute atomic E-state index is 4.41. The van der Waals surface area contributed by atoms with E-state index in [2.05, 4.69) is 28.3 Å². The fourth-order valence-corrected chi connectivity index (χ4v) is 2.60. The Kier molecular flexibility index (Phi) is 3.99. The van der Waals surface area contributed by atoms with Gasteiger partial charge in [-0.1, -0.05) is 12.8 Å². The minimum absolute atomic E-state index is 1.04. The van der Waals surface area contributed by atoms with Gasteiger partial charge in [-0.25, -0.2) is 4.98 Å². The summed E-state index contributed by atoms with van der Waals surface area (Å²) in [5.41, 5.74) is 1.38. The molecule has 3 heteroatoms. The fourth-order valence-electron chi connectivity index (χ4n) is 2.60. The molecule has 0 N–H and O–H groups in total. The molecule has 0 saturated carbocycles. The molecule has 3 nitrogen and oxygen atoms in total. The minimum atomic E-state index is 1.04. The molecule has 0 atom stereocenters. The van der Waals surface area contributed by atoms with Gasteiger partial charge in [0.25, 0.3) is 0 Å². The van der Waals surface area contributed by atoms with Gasteiger partial charge in [-0.15, -0.1) is 0 Å². The van der Waals surface area contributed by atoms with Crippen molar-refractivity contribution in [3.8, 4) is 0 Å². The average Bonchev–Trinajstić information content (AvgIpc) is 2.51. The molecule has 1 aromatic rings. The van der Waals surface area contributed by atoms with E-state index in [-0.39, 0.29) is 0 Å². The molecule has 0 unspecified atom stereocenters. The van der Waals surface area contributed by atoms with Gasteiger partial charge in [-0.05, 0) is 39.8 Å². The molecule has 1 aliphatic rings. The van der Waals surface area contributed by atoms with Crippen LogP contribution in [0.5, 0.6) is 0 Å². The van der Waals surface area contributed by atoms with Crippen LogP contribution in [-0.2, 0) is 13.1 Å². The van der Waals surface area contributed by atoms with E-state index >= 15 is 0 Å². The fraction of sp³-hybridized carbons (Fsp3) is 0.769. The Hall–Kier alpha value is -0.830. The average molecular weight is 221 g/mol. The van der Waals surface area contributed by atoms with Gasteiger partial charge in [-0.3, -0.25) is 4.90 Å². The van der Waals surface area contributed by atoms with E-state index in [0.717, 1.165) is 18.9 Å². The Morgan fingerprint density at radius 2 is 1.88 bits per heavy atom. The third-order valence-electron chi connectivity index (χ3n) is 3.54. The highest BCUT2D eigenvalue weighted by Gasteiger charge is 2.12. The summed E-state index contributed by atoms with van der Waals surface area (Å²) in [5, 5.41) is 0. The molecule has 1 aromatic heterocycles. The van der Waals surface area contributed by atoms with Gasteiger partial charge in [0.05, 0.1) is 5.69 Å². The number of imidazole rings is 1. The first kappa shape index (κ1) is 11.6. The number of hydrogen-bond donors (Lipinski definition) is 0. The molecule has 90 valence electrons. The van der Waals surface area contributed by atoms with E-state index in [1.807, 2.05) is 6.20 Å². The standard InChI is InChI=1S/C13H23N3/c1-3-16-12(2)14-10-13(16)11-15-8-6-4-5-7-9-15/h10H,3-9,11H2,1-2H3. The van der Waals surface area contributed by atoms with Crippen molar-refractivity contribution in [1.29, 1.82) is 0 Å². The van der Waals surface area contributed by atoms with Crippen molar-refractivity contribution >= 4 is 0 Å². The summed E-state index contributed by atoms with van der Waals surface area (Å²) in [6.45, 7) is 8.92. The van der Waals surface area contributed by atoms with Crippen LogP contribution in [0.4, 0.5) is 0 Å². The topological polar surface area (TPSA) is 21.1 Å². The van der Waals surface area contributed by atoms with Crippen molar-refractivity contribution in [3.63, 3.8) is 0 Å². The maximum atomic E-state index is 4.41. The Morgan fingerprint density at radius 3 is 2.50 bits per heavy atom. The van der Waals surface area contributed by atoms with Crippen LogP contribution in [0.15, 0.2) is 6.20 Å². The molecule has 0 spiro atoms. The second kappa shape index (κ2) is 5.48. The number of aromatic nitrogens is 2. The molecule has 0 amide bonds. The second-order valence-electron chi connectivity index (χ2n) is 4.73. The smallest absolute Gasteiger partial charge is 0.105 e. The summed E-state index contributed by atoms with van der Waals surface area (Å²) >= 11 is 0. The van der Waals surface area contributed by atoms with Gasteiger partial charge in [-0.2, -0.15) is 0 Å². The van der Waals surface area contributed by atoms with Gasteiger partial charge < -0.3 is 4.57 Å². The lowest BCUT2D eigenvalue weighted by Gasteiger charge is -2.20. The zero-order chi connectivity index (χ0) is 11.4. The molecule has 0 aliphatic carbocycles. The second-order valence-corrected chi connectivity index (χ2v) is 4.73. The van der Waals surface area contributed by atoms with E-state index in [9.17, 15) is 0 Å². The Balaban J connectivity index is 2.01. The monoisotopic (exact) mass is 221 g/mol. The van der Waals surface area contributed by atoms with Crippen LogP contribution >= 0.6 is 0 Å². The lowest BCUT2D eigenvalue weighted by molar-refractivity contribution is 0.269. The van der Waals surface area contributed by atoms with Crippen LogP contribution in [0.2, 0.25) is 0 Å². The largest absolute Gasteiger partial charge is 0.331 e. The van der Waals surface area contributed by atoms with Crippen LogP contribution in [0.25, 0.3) is 0 Å². The highest BCUT2D eigenvalue weighted by Crippen LogP contribution is 2.14. The first-order chi connectivity index (χ1) is 7.81. The first-order valence-corrected chi connectivity index (χ1v) is 6.54. The number of rotatable bonds is 3. The summed E-state index contributed by atoms with van der Waals surface area (Å²) in [6, 6.07) is 0. The molecule has 1 aliphatic heterocycles. The molecule has 2 heterocycles. The normalized spacial score (nSPS) is 18.6. The summed E-state index contributed by atoms with van der Waals surface area (Å²) in [4.78, 5) is 6.99. The molecule has 0 bridgehead atoms. The van der Waals surface area contributed by atoms with E-state index in [1.165, 1.54) is 44.5 Å². The summed E-state index contributed by atoms with van der Waals surface area (Å²) < 4.78 is 2.32. The lowest BCUT2D eigenvalue weighted by Crippen LogP contribution is -2.25. The zero-order valence-corrected chi connectivity index (χ0v) is 10.6. The molecular formula is C13H23N3. The van der Waals surface area contributed by atoms with Gasteiger partial charge in [0, 0.05) is 19.3 Å². The van der Waals surface area contributed by atoms with Crippen LogP contribution in [-0.4, -0.2) is 27.5 Å². The number of hydrogen-bond acceptors (Lipinski definition) is 2. The highest BCUT2D eigenvalue weighted by atomic mass is 15.2. The summed E-state index contributed by atoms with van der Waals surface area (Å²) in [6.07, 6.45) is 7.58. The van der Waals surface area contributed by atoms with Gasteiger partial charge in [0.15, 0.2) is 0 Å². The predicted octanol–water partition coefficient (Wildman–Crippen LogP) is 2.59. The Labute approximate surface area is 98.5 Å². The van der Waals surface area contributed by atoms with Crippen molar-refractivity contribution < 1.29 is 0 Å². The van der Waals surface area contributed by atoms with Crippen molar-refractivity contribution in [2.45, 2.75) is 52.6 Å².